The van der Waals surface area contributed by atoms with Crippen LogP contribution in [0.2, 0.25) is 0 Å². The Kier molecular flexibility index (Phi) is 3.97. The molecule has 106 valence electrons. The van der Waals surface area contributed by atoms with Gasteiger partial charge in [0.2, 0.25) is 0 Å². The fraction of sp³-hybridized carbons (Fsp3) is 0.400. The van der Waals surface area contributed by atoms with E-state index in [1.54, 1.807) is 18.3 Å². The van der Waals surface area contributed by atoms with Crippen LogP contribution in [0.25, 0.3) is 0 Å². The van der Waals surface area contributed by atoms with Crippen LogP contribution in [-0.4, -0.2) is 41.3 Å². The van der Waals surface area contributed by atoms with E-state index in [4.69, 9.17) is 4.74 Å². The number of ether oxygens (including phenoxy) is 1. The van der Waals surface area contributed by atoms with Gasteiger partial charge >= 0.3 is 0 Å². The van der Waals surface area contributed by atoms with Gasteiger partial charge in [-0.25, -0.2) is 4.39 Å². The summed E-state index contributed by atoms with van der Waals surface area (Å²) in [6.07, 6.45) is 2.95. The topological polar surface area (TPSA) is 41.1 Å². The fourth-order valence-corrected chi connectivity index (χ4v) is 2.61. The molecule has 0 amide bonds. The second-order valence-electron chi connectivity index (χ2n) is 5.10. The average Bonchev–Trinajstić information content (AvgIpc) is 3.11. The van der Waals surface area contributed by atoms with Gasteiger partial charge in [-0.05, 0) is 43.3 Å². The van der Waals surface area contributed by atoms with E-state index in [0.29, 0.717) is 12.5 Å². The molecule has 1 aliphatic heterocycles. The van der Waals surface area contributed by atoms with Gasteiger partial charge in [-0.2, -0.15) is 5.10 Å². The van der Waals surface area contributed by atoms with Gasteiger partial charge in [-0.3, -0.25) is 10.00 Å². The summed E-state index contributed by atoms with van der Waals surface area (Å²) in [5, 5.41) is 7.05. The molecule has 0 unspecified atom stereocenters. The van der Waals surface area contributed by atoms with Crippen molar-refractivity contribution in [3.63, 3.8) is 0 Å². The van der Waals surface area contributed by atoms with E-state index in [0.717, 1.165) is 31.8 Å². The van der Waals surface area contributed by atoms with Crippen LogP contribution < -0.4 is 4.74 Å². The third-order valence-corrected chi connectivity index (χ3v) is 3.72. The van der Waals surface area contributed by atoms with Crippen LogP contribution in [0.4, 0.5) is 4.39 Å². The zero-order chi connectivity index (χ0) is 13.8. The Bertz CT molecular complexity index is 527. The Balaban J connectivity index is 1.42. The molecule has 1 saturated heterocycles. The maximum Gasteiger partial charge on any atom is 0.123 e. The molecule has 0 bridgehead atoms. The Labute approximate surface area is 117 Å². The minimum absolute atomic E-state index is 0.237. The number of rotatable bonds is 5. The smallest absolute Gasteiger partial charge is 0.123 e. The number of benzene rings is 1. The van der Waals surface area contributed by atoms with Crippen molar-refractivity contribution in [2.75, 3.05) is 26.2 Å². The summed E-state index contributed by atoms with van der Waals surface area (Å²) in [4.78, 5) is 2.38. The molecule has 0 radical (unpaired) electrons. The Morgan fingerprint density at radius 1 is 1.30 bits per heavy atom. The normalized spacial score (nSPS) is 19.4. The van der Waals surface area contributed by atoms with Crippen LogP contribution in [0, 0.1) is 5.82 Å². The van der Waals surface area contributed by atoms with E-state index in [-0.39, 0.29) is 5.82 Å². The average molecular weight is 275 g/mol. The highest BCUT2D eigenvalue weighted by molar-refractivity contribution is 5.22. The molecule has 1 aromatic heterocycles. The third-order valence-electron chi connectivity index (χ3n) is 3.72. The predicted octanol–water partition coefficient (Wildman–Crippen LogP) is 2.42. The minimum Gasteiger partial charge on any atom is -0.492 e. The largest absolute Gasteiger partial charge is 0.492 e. The van der Waals surface area contributed by atoms with Gasteiger partial charge in [0, 0.05) is 30.9 Å². The number of nitrogens with one attached hydrogen (secondary N) is 1. The SMILES string of the molecule is Fc1ccc(OCCN2CC[C@@H](c3ccn[nH]3)C2)cc1. The fourth-order valence-electron chi connectivity index (χ4n) is 2.61. The Morgan fingerprint density at radius 3 is 2.90 bits per heavy atom. The number of aromatic nitrogens is 2. The van der Waals surface area contributed by atoms with Gasteiger partial charge in [-0.1, -0.05) is 0 Å². The zero-order valence-corrected chi connectivity index (χ0v) is 11.3. The highest BCUT2D eigenvalue weighted by Crippen LogP contribution is 2.25. The first kappa shape index (κ1) is 13.1. The first-order valence-corrected chi connectivity index (χ1v) is 6.91. The molecule has 1 N–H and O–H groups in total. The summed E-state index contributed by atoms with van der Waals surface area (Å²) in [6, 6.07) is 8.20. The number of nitrogens with zero attached hydrogens (tertiary/aromatic N) is 2. The molecule has 2 aromatic rings. The van der Waals surface area contributed by atoms with Crippen molar-refractivity contribution < 1.29 is 9.13 Å². The van der Waals surface area contributed by atoms with Crippen molar-refractivity contribution in [3.05, 3.63) is 48.0 Å². The molecular weight excluding hydrogens is 257 g/mol. The molecule has 20 heavy (non-hydrogen) atoms. The summed E-state index contributed by atoms with van der Waals surface area (Å²) in [7, 11) is 0. The number of hydrogen-bond acceptors (Lipinski definition) is 3. The van der Waals surface area contributed by atoms with E-state index in [9.17, 15) is 4.39 Å². The van der Waals surface area contributed by atoms with Crippen molar-refractivity contribution in [2.45, 2.75) is 12.3 Å². The lowest BCUT2D eigenvalue weighted by atomic mass is 10.1. The van der Waals surface area contributed by atoms with Crippen LogP contribution in [0.1, 0.15) is 18.0 Å². The van der Waals surface area contributed by atoms with E-state index >= 15 is 0 Å². The lowest BCUT2D eigenvalue weighted by molar-refractivity contribution is 0.236. The number of halogens is 1. The van der Waals surface area contributed by atoms with Crippen molar-refractivity contribution >= 4 is 0 Å². The van der Waals surface area contributed by atoms with Crippen LogP contribution >= 0.6 is 0 Å². The zero-order valence-electron chi connectivity index (χ0n) is 11.3. The Hall–Kier alpha value is -1.88. The second-order valence-corrected chi connectivity index (χ2v) is 5.10. The molecule has 0 aliphatic carbocycles. The summed E-state index contributed by atoms with van der Waals surface area (Å²) in [6.45, 7) is 3.63. The monoisotopic (exact) mass is 275 g/mol. The predicted molar refractivity (Wildman–Crippen MR) is 74.3 cm³/mol. The minimum atomic E-state index is -0.237. The molecule has 1 fully saturated rings. The van der Waals surface area contributed by atoms with E-state index in [2.05, 4.69) is 15.1 Å². The summed E-state index contributed by atoms with van der Waals surface area (Å²) in [5.74, 6) is 1.03. The van der Waals surface area contributed by atoms with E-state index in [1.165, 1.54) is 17.8 Å². The molecule has 1 atom stereocenters. The molecule has 1 aromatic carbocycles. The molecule has 3 rings (SSSR count). The molecule has 0 saturated carbocycles. The van der Waals surface area contributed by atoms with Crippen LogP contribution in [0.5, 0.6) is 5.75 Å². The number of likely N-dealkylation sites (tertiary alicyclic amines) is 1. The third kappa shape index (κ3) is 3.17. The van der Waals surface area contributed by atoms with Gasteiger partial charge in [0.05, 0.1) is 0 Å². The molecule has 2 heterocycles. The Morgan fingerprint density at radius 2 is 2.15 bits per heavy atom. The summed E-state index contributed by atoms with van der Waals surface area (Å²) in [5.41, 5.74) is 1.21. The molecular formula is C15H18FN3O. The molecule has 1 aliphatic rings. The highest BCUT2D eigenvalue weighted by Gasteiger charge is 2.24. The van der Waals surface area contributed by atoms with Gasteiger partial charge < -0.3 is 4.74 Å². The maximum absolute atomic E-state index is 12.8. The lowest BCUT2D eigenvalue weighted by Gasteiger charge is -2.16. The van der Waals surface area contributed by atoms with Crippen molar-refractivity contribution in [3.8, 4) is 5.75 Å². The van der Waals surface area contributed by atoms with Crippen LogP contribution in [-0.2, 0) is 0 Å². The first-order chi connectivity index (χ1) is 9.81. The van der Waals surface area contributed by atoms with Gasteiger partial charge in [0.15, 0.2) is 0 Å². The maximum atomic E-state index is 12.8. The number of aromatic amines is 1. The number of H-pyrrole nitrogens is 1. The van der Waals surface area contributed by atoms with E-state index in [1.807, 2.05) is 6.07 Å². The van der Waals surface area contributed by atoms with Crippen molar-refractivity contribution in [2.24, 2.45) is 0 Å². The van der Waals surface area contributed by atoms with Gasteiger partial charge in [0.1, 0.15) is 18.2 Å². The van der Waals surface area contributed by atoms with Gasteiger partial charge in [-0.15, -0.1) is 0 Å². The van der Waals surface area contributed by atoms with Crippen LogP contribution in [0.15, 0.2) is 36.5 Å². The van der Waals surface area contributed by atoms with Crippen molar-refractivity contribution in [1.29, 1.82) is 0 Å². The first-order valence-electron chi connectivity index (χ1n) is 6.91. The molecule has 4 nitrogen and oxygen atoms in total. The van der Waals surface area contributed by atoms with E-state index < -0.39 is 0 Å². The van der Waals surface area contributed by atoms with Crippen LogP contribution in [0.3, 0.4) is 0 Å². The van der Waals surface area contributed by atoms with Gasteiger partial charge in [0.25, 0.3) is 0 Å². The lowest BCUT2D eigenvalue weighted by Crippen LogP contribution is -2.26. The summed E-state index contributed by atoms with van der Waals surface area (Å²) < 4.78 is 18.4. The standard InChI is InChI=1S/C15H18FN3O/c16-13-1-3-14(4-2-13)20-10-9-19-8-6-12(11-19)15-5-7-17-18-15/h1-5,7,12H,6,8-11H2,(H,17,18)/t12-/m1/s1. The number of hydrogen-bond donors (Lipinski definition) is 1. The second kappa shape index (κ2) is 6.05. The quantitative estimate of drug-likeness (QED) is 0.911. The molecule has 5 heteroatoms. The highest BCUT2D eigenvalue weighted by atomic mass is 19.1. The summed E-state index contributed by atoms with van der Waals surface area (Å²) >= 11 is 0. The van der Waals surface area contributed by atoms with Crippen molar-refractivity contribution in [1.82, 2.24) is 15.1 Å². The molecule has 0 spiro atoms.